The van der Waals surface area contributed by atoms with E-state index in [2.05, 4.69) is 0 Å². The summed E-state index contributed by atoms with van der Waals surface area (Å²) in [7, 11) is 1.43. The van der Waals surface area contributed by atoms with Crippen molar-refractivity contribution in [3.63, 3.8) is 0 Å². The minimum atomic E-state index is -0.847. The van der Waals surface area contributed by atoms with Gasteiger partial charge in [0.2, 0.25) is 0 Å². The molecule has 0 radical (unpaired) electrons. The van der Waals surface area contributed by atoms with Crippen LogP contribution >= 0.6 is 0 Å². The molecule has 0 aliphatic carbocycles. The third kappa shape index (κ3) is 5.09. The van der Waals surface area contributed by atoms with Gasteiger partial charge in [-0.05, 0) is 25.1 Å². The number of methoxy groups -OCH3 is 1. The van der Waals surface area contributed by atoms with Gasteiger partial charge >= 0.3 is 5.97 Å². The summed E-state index contributed by atoms with van der Waals surface area (Å²) in [4.78, 5) is 25.7. The number of ether oxygens (including phenoxy) is 4. The van der Waals surface area contributed by atoms with E-state index in [1.54, 1.807) is 4.90 Å². The molecule has 1 atom stereocenters. The second-order valence-corrected chi connectivity index (χ2v) is 5.32. The fraction of sp³-hybridized carbons (Fsp3) is 0.471. The molecule has 1 fully saturated rings. The fourth-order valence-corrected chi connectivity index (χ4v) is 2.21. The lowest BCUT2D eigenvalue weighted by Crippen LogP contribution is -2.43. The zero-order chi connectivity index (χ0) is 18.2. The Bertz CT molecular complexity index is 664. The van der Waals surface area contributed by atoms with Crippen LogP contribution < -0.4 is 9.47 Å². The quantitative estimate of drug-likeness (QED) is 0.707. The summed E-state index contributed by atoms with van der Waals surface area (Å²) >= 11 is 0. The van der Waals surface area contributed by atoms with Crippen molar-refractivity contribution in [2.45, 2.75) is 13.0 Å². The van der Waals surface area contributed by atoms with Crippen LogP contribution in [0.1, 0.15) is 17.3 Å². The first kappa shape index (κ1) is 18.5. The van der Waals surface area contributed by atoms with Crippen molar-refractivity contribution in [3.8, 4) is 17.6 Å². The lowest BCUT2D eigenvalue weighted by atomic mass is 10.2. The molecule has 1 aliphatic rings. The maximum Gasteiger partial charge on any atom is 0.339 e. The molecule has 1 amide bonds. The number of hydrogen-bond donors (Lipinski definition) is 0. The third-order valence-electron chi connectivity index (χ3n) is 3.58. The van der Waals surface area contributed by atoms with E-state index in [-0.39, 0.29) is 18.1 Å². The van der Waals surface area contributed by atoms with Crippen LogP contribution in [0.3, 0.4) is 0 Å². The maximum absolute atomic E-state index is 12.1. The number of amides is 1. The molecule has 8 heteroatoms. The Morgan fingerprint density at radius 3 is 2.68 bits per heavy atom. The minimum Gasteiger partial charge on any atom is -0.493 e. The van der Waals surface area contributed by atoms with E-state index in [1.165, 1.54) is 32.2 Å². The molecule has 2 rings (SSSR count). The smallest absolute Gasteiger partial charge is 0.339 e. The molecule has 1 aromatic carbocycles. The lowest BCUT2D eigenvalue weighted by molar-refractivity contribution is -0.137. The molecule has 0 spiro atoms. The van der Waals surface area contributed by atoms with Crippen LogP contribution in [0.25, 0.3) is 0 Å². The van der Waals surface area contributed by atoms with Crippen molar-refractivity contribution < 1.29 is 28.5 Å². The third-order valence-corrected chi connectivity index (χ3v) is 3.58. The van der Waals surface area contributed by atoms with Gasteiger partial charge in [-0.2, -0.15) is 5.26 Å². The number of carbonyl (C=O) groups is 2. The molecule has 1 heterocycles. The van der Waals surface area contributed by atoms with E-state index in [4.69, 9.17) is 24.2 Å². The lowest BCUT2D eigenvalue weighted by Gasteiger charge is -2.26. The largest absolute Gasteiger partial charge is 0.493 e. The standard InChI is InChI=1S/C17H20N2O6/c1-12(10-18)25-17(21)13-3-4-14(15(9-13)22-2)24-11-16(20)19-5-7-23-8-6-19/h3-4,9,12H,5-8,11H2,1-2H3/t12-/m0/s1. The van der Waals surface area contributed by atoms with Gasteiger partial charge in [0, 0.05) is 13.1 Å². The van der Waals surface area contributed by atoms with E-state index in [0.717, 1.165) is 0 Å². The Kier molecular flexibility index (Phi) is 6.60. The van der Waals surface area contributed by atoms with Crippen LogP contribution in [0.15, 0.2) is 18.2 Å². The van der Waals surface area contributed by atoms with Gasteiger partial charge in [0.05, 0.1) is 25.9 Å². The first-order chi connectivity index (χ1) is 12.0. The van der Waals surface area contributed by atoms with Crippen LogP contribution in [-0.4, -0.2) is 62.9 Å². The topological polar surface area (TPSA) is 98.1 Å². The summed E-state index contributed by atoms with van der Waals surface area (Å²) in [6, 6.07) is 6.28. The molecule has 0 unspecified atom stereocenters. The number of esters is 1. The Hall–Kier alpha value is -2.79. The number of hydrogen-bond acceptors (Lipinski definition) is 7. The second kappa shape index (κ2) is 8.89. The molecule has 25 heavy (non-hydrogen) atoms. The number of nitriles is 1. The van der Waals surface area contributed by atoms with Crippen molar-refractivity contribution in [1.82, 2.24) is 4.90 Å². The van der Waals surface area contributed by atoms with Gasteiger partial charge in [-0.1, -0.05) is 0 Å². The molecule has 1 saturated heterocycles. The number of nitrogens with zero attached hydrogens (tertiary/aromatic N) is 2. The highest BCUT2D eigenvalue weighted by molar-refractivity contribution is 5.90. The Morgan fingerprint density at radius 1 is 1.32 bits per heavy atom. The van der Waals surface area contributed by atoms with Crippen LogP contribution in [0.2, 0.25) is 0 Å². The number of benzene rings is 1. The monoisotopic (exact) mass is 348 g/mol. The number of morpholine rings is 1. The van der Waals surface area contributed by atoms with Gasteiger partial charge in [-0.3, -0.25) is 4.79 Å². The Balaban J connectivity index is 2.00. The van der Waals surface area contributed by atoms with Crippen molar-refractivity contribution in [2.75, 3.05) is 40.0 Å². The summed E-state index contributed by atoms with van der Waals surface area (Å²) in [6.07, 6.45) is -0.847. The maximum atomic E-state index is 12.1. The first-order valence-electron chi connectivity index (χ1n) is 7.82. The number of rotatable bonds is 6. The van der Waals surface area contributed by atoms with Gasteiger partial charge in [0.25, 0.3) is 5.91 Å². The van der Waals surface area contributed by atoms with Gasteiger partial charge in [-0.15, -0.1) is 0 Å². The zero-order valence-electron chi connectivity index (χ0n) is 14.2. The highest BCUT2D eigenvalue weighted by Gasteiger charge is 2.19. The van der Waals surface area contributed by atoms with Gasteiger partial charge < -0.3 is 23.8 Å². The molecule has 1 aliphatic heterocycles. The molecular formula is C17H20N2O6. The average Bonchev–Trinajstić information content (AvgIpc) is 2.66. The molecule has 0 saturated carbocycles. The van der Waals surface area contributed by atoms with Crippen LogP contribution in [0.4, 0.5) is 0 Å². The van der Waals surface area contributed by atoms with E-state index in [9.17, 15) is 9.59 Å². The Morgan fingerprint density at radius 2 is 2.04 bits per heavy atom. The SMILES string of the molecule is COc1cc(C(=O)O[C@@H](C)C#N)ccc1OCC(=O)N1CCOCC1. The molecule has 134 valence electrons. The van der Waals surface area contributed by atoms with Crippen LogP contribution in [0.5, 0.6) is 11.5 Å². The number of carbonyl (C=O) groups excluding carboxylic acids is 2. The van der Waals surface area contributed by atoms with Crippen LogP contribution in [0, 0.1) is 11.3 Å². The molecule has 8 nitrogen and oxygen atoms in total. The molecule has 0 aromatic heterocycles. The normalized spacial score (nSPS) is 15.0. The van der Waals surface area contributed by atoms with Gasteiger partial charge in [0.15, 0.2) is 24.2 Å². The van der Waals surface area contributed by atoms with E-state index < -0.39 is 12.1 Å². The second-order valence-electron chi connectivity index (χ2n) is 5.32. The van der Waals surface area contributed by atoms with Gasteiger partial charge in [-0.25, -0.2) is 4.79 Å². The van der Waals surface area contributed by atoms with Gasteiger partial charge in [0.1, 0.15) is 6.07 Å². The molecular weight excluding hydrogens is 328 g/mol. The summed E-state index contributed by atoms with van der Waals surface area (Å²) in [5.74, 6) is -0.136. The first-order valence-corrected chi connectivity index (χ1v) is 7.82. The van der Waals surface area contributed by atoms with Crippen molar-refractivity contribution in [1.29, 1.82) is 5.26 Å². The van der Waals surface area contributed by atoms with E-state index in [1.807, 2.05) is 6.07 Å². The van der Waals surface area contributed by atoms with Crippen molar-refractivity contribution in [3.05, 3.63) is 23.8 Å². The van der Waals surface area contributed by atoms with E-state index >= 15 is 0 Å². The predicted molar refractivity (Wildman–Crippen MR) is 86.4 cm³/mol. The highest BCUT2D eigenvalue weighted by Crippen LogP contribution is 2.28. The fourth-order valence-electron chi connectivity index (χ4n) is 2.21. The van der Waals surface area contributed by atoms with Crippen molar-refractivity contribution in [2.24, 2.45) is 0 Å². The summed E-state index contributed by atoms with van der Waals surface area (Å²) in [6.45, 7) is 3.47. The summed E-state index contributed by atoms with van der Waals surface area (Å²) in [5, 5.41) is 8.69. The molecule has 0 N–H and O–H groups in total. The minimum absolute atomic E-state index is 0.133. The highest BCUT2D eigenvalue weighted by atomic mass is 16.5. The average molecular weight is 348 g/mol. The van der Waals surface area contributed by atoms with Crippen molar-refractivity contribution >= 4 is 11.9 Å². The zero-order valence-corrected chi connectivity index (χ0v) is 14.2. The molecule has 1 aromatic rings. The summed E-state index contributed by atoms with van der Waals surface area (Å²) < 4.78 is 20.9. The summed E-state index contributed by atoms with van der Waals surface area (Å²) in [5.41, 5.74) is 0.228. The predicted octanol–water partition coefficient (Wildman–Crippen LogP) is 1.00. The van der Waals surface area contributed by atoms with Crippen LogP contribution in [-0.2, 0) is 14.3 Å². The van der Waals surface area contributed by atoms with E-state index in [0.29, 0.717) is 37.8 Å². The Labute approximate surface area is 145 Å². The molecule has 0 bridgehead atoms.